The fraction of sp³-hybridized carbons (Fsp3) is 0.231. The highest BCUT2D eigenvalue weighted by Crippen LogP contribution is 2.20. The third kappa shape index (κ3) is 1.84. The number of hydrogen-bond acceptors (Lipinski definition) is 4. The highest BCUT2D eigenvalue weighted by molar-refractivity contribution is 5.58. The van der Waals surface area contributed by atoms with Crippen LogP contribution in [0.3, 0.4) is 0 Å². The van der Waals surface area contributed by atoms with E-state index >= 15 is 0 Å². The summed E-state index contributed by atoms with van der Waals surface area (Å²) in [5, 5.41) is 7.77. The highest BCUT2D eigenvalue weighted by Gasteiger charge is 2.09. The predicted molar refractivity (Wildman–Crippen MR) is 69.5 cm³/mol. The van der Waals surface area contributed by atoms with E-state index < -0.39 is 0 Å². The predicted octanol–water partition coefficient (Wildman–Crippen LogP) is 2.81. The summed E-state index contributed by atoms with van der Waals surface area (Å²) in [6.45, 7) is 3.03. The van der Waals surface area contributed by atoms with E-state index in [9.17, 15) is 0 Å². The molecule has 0 spiro atoms. The molecule has 0 saturated carbocycles. The average Bonchev–Trinajstić information content (AvgIpc) is 3.04. The Hall–Kier alpha value is -2.30. The summed E-state index contributed by atoms with van der Waals surface area (Å²) >= 11 is 0. The molecule has 1 N–H and O–H groups in total. The summed E-state index contributed by atoms with van der Waals surface area (Å²) in [5.41, 5.74) is 1.67. The molecule has 5 nitrogen and oxygen atoms in total. The van der Waals surface area contributed by atoms with E-state index in [4.69, 9.17) is 4.42 Å². The summed E-state index contributed by atoms with van der Waals surface area (Å²) < 4.78 is 7.17. The molecule has 0 bridgehead atoms. The Balaban J connectivity index is 2.05. The van der Waals surface area contributed by atoms with Crippen LogP contribution in [0.5, 0.6) is 0 Å². The second-order valence-electron chi connectivity index (χ2n) is 4.04. The quantitative estimate of drug-likeness (QED) is 0.764. The van der Waals surface area contributed by atoms with Gasteiger partial charge in [0, 0.05) is 6.54 Å². The van der Waals surface area contributed by atoms with Crippen LogP contribution in [0.4, 0.5) is 5.82 Å². The zero-order chi connectivity index (χ0) is 12.4. The van der Waals surface area contributed by atoms with Gasteiger partial charge in [-0.05, 0) is 30.7 Å². The number of imidazole rings is 1. The SMILES string of the molecule is CCCNc1ccc2ncc(-c3ccco3)n2n1. The number of rotatable bonds is 4. The van der Waals surface area contributed by atoms with Crippen molar-refractivity contribution in [1.29, 1.82) is 0 Å². The zero-order valence-corrected chi connectivity index (χ0v) is 10.1. The number of nitrogens with one attached hydrogen (secondary N) is 1. The molecule has 18 heavy (non-hydrogen) atoms. The van der Waals surface area contributed by atoms with Gasteiger partial charge in [-0.1, -0.05) is 6.92 Å². The van der Waals surface area contributed by atoms with Crippen LogP contribution < -0.4 is 5.32 Å². The topological polar surface area (TPSA) is 55.4 Å². The van der Waals surface area contributed by atoms with Gasteiger partial charge in [0.15, 0.2) is 11.4 Å². The molecule has 0 saturated heterocycles. The molecule has 3 heterocycles. The number of nitrogens with zero attached hydrogens (tertiary/aromatic N) is 3. The maximum Gasteiger partial charge on any atom is 0.154 e. The van der Waals surface area contributed by atoms with Crippen LogP contribution in [0, 0.1) is 0 Å². The number of aromatic nitrogens is 3. The summed E-state index contributed by atoms with van der Waals surface area (Å²) in [7, 11) is 0. The minimum Gasteiger partial charge on any atom is -0.463 e. The number of furan rings is 1. The first-order valence-electron chi connectivity index (χ1n) is 6.01. The van der Waals surface area contributed by atoms with Gasteiger partial charge in [0.2, 0.25) is 0 Å². The monoisotopic (exact) mass is 242 g/mol. The summed E-state index contributed by atoms with van der Waals surface area (Å²) in [6.07, 6.45) is 4.48. The average molecular weight is 242 g/mol. The van der Waals surface area contributed by atoms with Crippen molar-refractivity contribution in [2.75, 3.05) is 11.9 Å². The van der Waals surface area contributed by atoms with Gasteiger partial charge in [-0.3, -0.25) is 0 Å². The van der Waals surface area contributed by atoms with E-state index in [1.165, 1.54) is 0 Å². The minimum atomic E-state index is 0.766. The molecule has 0 aliphatic carbocycles. The van der Waals surface area contributed by atoms with Crippen LogP contribution >= 0.6 is 0 Å². The van der Waals surface area contributed by atoms with Gasteiger partial charge >= 0.3 is 0 Å². The van der Waals surface area contributed by atoms with Gasteiger partial charge in [0.25, 0.3) is 0 Å². The molecule has 3 aromatic rings. The van der Waals surface area contributed by atoms with E-state index in [2.05, 4.69) is 22.3 Å². The summed E-state index contributed by atoms with van der Waals surface area (Å²) in [5.74, 6) is 1.61. The van der Waals surface area contributed by atoms with Crippen LogP contribution in [-0.2, 0) is 0 Å². The zero-order valence-electron chi connectivity index (χ0n) is 10.1. The van der Waals surface area contributed by atoms with Crippen molar-refractivity contribution in [2.24, 2.45) is 0 Å². The number of anilines is 1. The lowest BCUT2D eigenvalue weighted by Crippen LogP contribution is -2.04. The molecule has 0 aliphatic heterocycles. The van der Waals surface area contributed by atoms with Gasteiger partial charge in [-0.15, -0.1) is 5.10 Å². The van der Waals surface area contributed by atoms with Crippen LogP contribution in [0.15, 0.2) is 41.1 Å². The van der Waals surface area contributed by atoms with E-state index in [0.717, 1.165) is 35.9 Å². The molecule has 0 unspecified atom stereocenters. The van der Waals surface area contributed by atoms with E-state index in [0.29, 0.717) is 0 Å². The molecule has 92 valence electrons. The van der Waals surface area contributed by atoms with Crippen molar-refractivity contribution in [3.05, 3.63) is 36.7 Å². The lowest BCUT2D eigenvalue weighted by atomic mass is 10.3. The first-order chi connectivity index (χ1) is 8.88. The Morgan fingerprint density at radius 2 is 2.28 bits per heavy atom. The second-order valence-corrected chi connectivity index (χ2v) is 4.04. The number of fused-ring (bicyclic) bond motifs is 1. The lowest BCUT2D eigenvalue weighted by Gasteiger charge is -2.04. The van der Waals surface area contributed by atoms with Gasteiger partial charge in [-0.25, -0.2) is 9.50 Å². The Morgan fingerprint density at radius 3 is 3.06 bits per heavy atom. The van der Waals surface area contributed by atoms with Gasteiger partial charge in [0.1, 0.15) is 11.5 Å². The Morgan fingerprint density at radius 1 is 1.33 bits per heavy atom. The van der Waals surface area contributed by atoms with Gasteiger partial charge < -0.3 is 9.73 Å². The van der Waals surface area contributed by atoms with Crippen LogP contribution in [-0.4, -0.2) is 21.1 Å². The first-order valence-corrected chi connectivity index (χ1v) is 6.01. The maximum atomic E-state index is 5.39. The molecular formula is C13H14N4O. The second kappa shape index (κ2) is 4.52. The van der Waals surface area contributed by atoms with E-state index in [1.54, 1.807) is 17.0 Å². The molecule has 0 aromatic carbocycles. The van der Waals surface area contributed by atoms with Crippen molar-refractivity contribution in [3.8, 4) is 11.5 Å². The molecule has 0 radical (unpaired) electrons. The highest BCUT2D eigenvalue weighted by atomic mass is 16.3. The Labute approximate surface area is 104 Å². The van der Waals surface area contributed by atoms with Crippen molar-refractivity contribution >= 4 is 11.5 Å². The van der Waals surface area contributed by atoms with Crippen LogP contribution in [0.25, 0.3) is 17.1 Å². The number of hydrogen-bond donors (Lipinski definition) is 1. The van der Waals surface area contributed by atoms with Crippen molar-refractivity contribution in [1.82, 2.24) is 14.6 Å². The largest absolute Gasteiger partial charge is 0.463 e. The Bertz CT molecular complexity index is 642. The molecule has 0 fully saturated rings. The van der Waals surface area contributed by atoms with Crippen LogP contribution in [0.2, 0.25) is 0 Å². The lowest BCUT2D eigenvalue weighted by molar-refractivity contribution is 0.578. The molecule has 0 atom stereocenters. The molecule has 0 aliphatic rings. The Kier molecular flexibility index (Phi) is 2.72. The third-order valence-corrected chi connectivity index (χ3v) is 2.69. The van der Waals surface area contributed by atoms with Gasteiger partial charge in [0.05, 0.1) is 12.5 Å². The first kappa shape index (κ1) is 10.8. The molecule has 3 rings (SSSR count). The molecule has 3 aromatic heterocycles. The van der Waals surface area contributed by atoms with Crippen LogP contribution in [0.1, 0.15) is 13.3 Å². The normalized spacial score (nSPS) is 10.9. The van der Waals surface area contributed by atoms with Gasteiger partial charge in [-0.2, -0.15) is 0 Å². The fourth-order valence-electron chi connectivity index (χ4n) is 1.81. The van der Waals surface area contributed by atoms with Crippen molar-refractivity contribution < 1.29 is 4.42 Å². The van der Waals surface area contributed by atoms with E-state index in [1.807, 2.05) is 24.3 Å². The summed E-state index contributed by atoms with van der Waals surface area (Å²) in [4.78, 5) is 4.31. The molecule has 5 heteroatoms. The maximum absolute atomic E-state index is 5.39. The molecular weight excluding hydrogens is 228 g/mol. The fourth-order valence-corrected chi connectivity index (χ4v) is 1.81. The smallest absolute Gasteiger partial charge is 0.154 e. The third-order valence-electron chi connectivity index (χ3n) is 2.69. The van der Waals surface area contributed by atoms with Crippen molar-refractivity contribution in [3.63, 3.8) is 0 Å². The minimum absolute atomic E-state index is 0.766. The molecule has 0 amide bonds. The van der Waals surface area contributed by atoms with Crippen molar-refractivity contribution in [2.45, 2.75) is 13.3 Å². The van der Waals surface area contributed by atoms with E-state index in [-0.39, 0.29) is 0 Å². The summed E-state index contributed by atoms with van der Waals surface area (Å²) in [6, 6.07) is 7.63. The standard InChI is InChI=1S/C13H14N4O/c1-2-7-14-12-5-6-13-15-9-10(17(13)16-12)11-4-3-8-18-11/h3-6,8-9H,2,7H2,1H3,(H,14,16).